The van der Waals surface area contributed by atoms with Gasteiger partial charge in [-0.1, -0.05) is 6.92 Å². The minimum Gasteiger partial charge on any atom is -0.350 e. The van der Waals surface area contributed by atoms with Gasteiger partial charge in [0.15, 0.2) is 5.69 Å². The van der Waals surface area contributed by atoms with E-state index in [1.165, 1.54) is 6.20 Å². The zero-order valence-electron chi connectivity index (χ0n) is 9.73. The average Bonchev–Trinajstić information content (AvgIpc) is 2.80. The first-order valence-electron chi connectivity index (χ1n) is 5.46. The molecule has 0 saturated carbocycles. The summed E-state index contributed by atoms with van der Waals surface area (Å²) in [6, 6.07) is 0. The molecule has 0 radical (unpaired) electrons. The van der Waals surface area contributed by atoms with Crippen LogP contribution >= 0.6 is 24.1 Å². The monoisotopic (exact) mass is 276 g/mol. The molecule has 7 heteroatoms. The number of rotatable bonds is 3. The summed E-state index contributed by atoms with van der Waals surface area (Å²) in [7, 11) is 0. The second-order valence-electron chi connectivity index (χ2n) is 4.54. The van der Waals surface area contributed by atoms with Crippen LogP contribution in [0.5, 0.6) is 0 Å². The molecule has 0 bridgehead atoms. The number of carbonyl (C=O) groups is 1. The van der Waals surface area contributed by atoms with Crippen LogP contribution in [0, 0.1) is 5.41 Å². The number of nitrogens with one attached hydrogen (secondary N) is 2. The number of piperidine rings is 1. The predicted molar refractivity (Wildman–Crippen MR) is 69.7 cm³/mol. The quantitative estimate of drug-likeness (QED) is 0.867. The maximum absolute atomic E-state index is 11.7. The van der Waals surface area contributed by atoms with Crippen molar-refractivity contribution in [2.75, 3.05) is 19.6 Å². The molecule has 1 aromatic heterocycles. The fourth-order valence-electron chi connectivity index (χ4n) is 1.86. The summed E-state index contributed by atoms with van der Waals surface area (Å²) in [4.78, 5) is 11.7. The molecule has 1 saturated heterocycles. The first-order chi connectivity index (χ1) is 7.70. The van der Waals surface area contributed by atoms with E-state index in [9.17, 15) is 4.79 Å². The van der Waals surface area contributed by atoms with Gasteiger partial charge in [0.2, 0.25) is 0 Å². The highest BCUT2D eigenvalue weighted by molar-refractivity contribution is 6.99. The summed E-state index contributed by atoms with van der Waals surface area (Å²) in [5.74, 6) is -0.117. The van der Waals surface area contributed by atoms with Crippen LogP contribution in [-0.2, 0) is 0 Å². The summed E-state index contributed by atoms with van der Waals surface area (Å²) in [5.41, 5.74) is 0.632. The number of amides is 1. The van der Waals surface area contributed by atoms with Gasteiger partial charge >= 0.3 is 0 Å². The van der Waals surface area contributed by atoms with E-state index in [4.69, 9.17) is 0 Å². The lowest BCUT2D eigenvalue weighted by atomic mass is 9.81. The number of hydrogen-bond acceptors (Lipinski definition) is 5. The molecule has 1 fully saturated rings. The van der Waals surface area contributed by atoms with Gasteiger partial charge in [-0.25, -0.2) is 0 Å². The molecule has 0 aliphatic carbocycles. The molecule has 2 N–H and O–H groups in total. The van der Waals surface area contributed by atoms with Gasteiger partial charge in [-0.05, 0) is 31.3 Å². The largest absolute Gasteiger partial charge is 0.350 e. The molecule has 2 rings (SSSR count). The highest BCUT2D eigenvalue weighted by atomic mass is 35.5. The van der Waals surface area contributed by atoms with Crippen molar-refractivity contribution in [3.63, 3.8) is 0 Å². The van der Waals surface area contributed by atoms with E-state index >= 15 is 0 Å². The minimum atomic E-state index is -0.117. The van der Waals surface area contributed by atoms with Crippen molar-refractivity contribution in [1.29, 1.82) is 0 Å². The summed E-state index contributed by atoms with van der Waals surface area (Å²) < 4.78 is 7.72. The van der Waals surface area contributed by atoms with Crippen LogP contribution in [0.3, 0.4) is 0 Å². The zero-order chi connectivity index (χ0) is 11.4. The van der Waals surface area contributed by atoms with Gasteiger partial charge in [-0.15, -0.1) is 12.4 Å². The molecule has 0 aromatic carbocycles. The van der Waals surface area contributed by atoms with Gasteiger partial charge in [0, 0.05) is 6.54 Å². The lowest BCUT2D eigenvalue weighted by Crippen LogP contribution is -2.42. The van der Waals surface area contributed by atoms with Crippen LogP contribution in [0.1, 0.15) is 30.3 Å². The molecular weight excluding hydrogens is 260 g/mol. The summed E-state index contributed by atoms with van der Waals surface area (Å²) in [6.45, 7) is 4.99. The van der Waals surface area contributed by atoms with Gasteiger partial charge in [0.05, 0.1) is 17.9 Å². The lowest BCUT2D eigenvalue weighted by Gasteiger charge is -2.33. The Morgan fingerprint density at radius 2 is 2.29 bits per heavy atom. The molecule has 0 unspecified atom stereocenters. The van der Waals surface area contributed by atoms with Crippen LogP contribution in [0.25, 0.3) is 0 Å². The second kappa shape index (κ2) is 6.28. The Hall–Kier alpha value is -0.720. The smallest absolute Gasteiger partial charge is 0.272 e. The Labute approximate surface area is 111 Å². The molecule has 0 spiro atoms. The third kappa shape index (κ3) is 3.90. The Balaban J connectivity index is 0.00000144. The van der Waals surface area contributed by atoms with E-state index in [2.05, 4.69) is 26.3 Å². The first kappa shape index (κ1) is 14.3. The third-order valence-electron chi connectivity index (χ3n) is 3.08. The first-order valence-corrected chi connectivity index (χ1v) is 6.19. The zero-order valence-corrected chi connectivity index (χ0v) is 11.4. The van der Waals surface area contributed by atoms with E-state index in [1.54, 1.807) is 0 Å². The SMILES string of the molecule is CC1(CNC(=O)c2cnsn2)CCNCC1.Cl. The Bertz CT molecular complexity index is 351. The van der Waals surface area contributed by atoms with Crippen LogP contribution in [0.2, 0.25) is 0 Å². The van der Waals surface area contributed by atoms with Crippen LogP contribution < -0.4 is 10.6 Å². The molecule has 1 aliphatic heterocycles. The fraction of sp³-hybridized carbons (Fsp3) is 0.700. The van der Waals surface area contributed by atoms with E-state index in [1.807, 2.05) is 0 Å². The Kier molecular flexibility index (Phi) is 5.30. The topological polar surface area (TPSA) is 66.9 Å². The fourth-order valence-corrected chi connectivity index (χ4v) is 2.27. The van der Waals surface area contributed by atoms with E-state index < -0.39 is 0 Å². The van der Waals surface area contributed by atoms with Crippen molar-refractivity contribution in [3.05, 3.63) is 11.9 Å². The number of aromatic nitrogens is 2. The molecule has 2 heterocycles. The van der Waals surface area contributed by atoms with Gasteiger partial charge in [0.25, 0.3) is 5.91 Å². The number of nitrogens with zero attached hydrogens (tertiary/aromatic N) is 2. The summed E-state index contributed by atoms with van der Waals surface area (Å²) in [5, 5.41) is 6.25. The maximum Gasteiger partial charge on any atom is 0.272 e. The van der Waals surface area contributed by atoms with Gasteiger partial charge in [0.1, 0.15) is 0 Å². The standard InChI is InChI=1S/C10H16N4OS.ClH/c1-10(2-4-11-5-3-10)7-12-9(15)8-6-13-16-14-8;/h6,11H,2-5,7H2,1H3,(H,12,15);1H. The lowest BCUT2D eigenvalue weighted by molar-refractivity contribution is 0.0918. The summed E-state index contributed by atoms with van der Waals surface area (Å²) >= 11 is 1.06. The second-order valence-corrected chi connectivity index (χ2v) is 5.09. The van der Waals surface area contributed by atoms with Crippen LogP contribution in [0.15, 0.2) is 6.20 Å². The highest BCUT2D eigenvalue weighted by Crippen LogP contribution is 2.26. The normalized spacial score (nSPS) is 18.2. The molecule has 1 amide bonds. The van der Waals surface area contributed by atoms with Gasteiger partial charge in [-0.2, -0.15) is 8.75 Å². The van der Waals surface area contributed by atoms with Crippen LogP contribution in [-0.4, -0.2) is 34.3 Å². The average molecular weight is 277 g/mol. The van der Waals surface area contributed by atoms with Crippen molar-refractivity contribution < 1.29 is 4.79 Å². The number of carbonyl (C=O) groups excluding carboxylic acids is 1. The van der Waals surface area contributed by atoms with Gasteiger partial charge < -0.3 is 10.6 Å². The number of halogens is 1. The third-order valence-corrected chi connectivity index (χ3v) is 3.56. The summed E-state index contributed by atoms with van der Waals surface area (Å²) in [6.07, 6.45) is 3.70. The van der Waals surface area contributed by atoms with Gasteiger partial charge in [-0.3, -0.25) is 4.79 Å². The van der Waals surface area contributed by atoms with Crippen molar-refractivity contribution in [2.24, 2.45) is 5.41 Å². The van der Waals surface area contributed by atoms with E-state index in [0.717, 1.165) is 37.7 Å². The molecule has 17 heavy (non-hydrogen) atoms. The predicted octanol–water partition coefficient (Wildman–Crippen LogP) is 1.08. The Morgan fingerprint density at radius 3 is 2.88 bits per heavy atom. The minimum absolute atomic E-state index is 0. The molecule has 96 valence electrons. The molecule has 1 aromatic rings. The Morgan fingerprint density at radius 1 is 1.59 bits per heavy atom. The molecular formula is C10H17ClN4OS. The molecule has 1 aliphatic rings. The molecule has 0 atom stereocenters. The van der Waals surface area contributed by atoms with Crippen LogP contribution in [0.4, 0.5) is 0 Å². The van der Waals surface area contributed by atoms with E-state index in [-0.39, 0.29) is 23.7 Å². The van der Waals surface area contributed by atoms with Crippen molar-refractivity contribution in [2.45, 2.75) is 19.8 Å². The van der Waals surface area contributed by atoms with Crippen molar-refractivity contribution in [3.8, 4) is 0 Å². The highest BCUT2D eigenvalue weighted by Gasteiger charge is 2.27. The van der Waals surface area contributed by atoms with Crippen molar-refractivity contribution >= 4 is 30.0 Å². The molecule has 5 nitrogen and oxygen atoms in total. The van der Waals surface area contributed by atoms with E-state index in [0.29, 0.717) is 12.2 Å². The number of hydrogen-bond donors (Lipinski definition) is 2. The maximum atomic E-state index is 11.7. The van der Waals surface area contributed by atoms with Crippen molar-refractivity contribution in [1.82, 2.24) is 19.4 Å².